The van der Waals surface area contributed by atoms with Gasteiger partial charge in [-0.15, -0.1) is 0 Å². The summed E-state index contributed by atoms with van der Waals surface area (Å²) in [7, 11) is 1.63. The Morgan fingerprint density at radius 2 is 2.12 bits per heavy atom. The van der Waals surface area contributed by atoms with E-state index < -0.39 is 5.97 Å². The van der Waals surface area contributed by atoms with Crippen LogP contribution in [0.2, 0.25) is 0 Å². The summed E-state index contributed by atoms with van der Waals surface area (Å²) in [5.41, 5.74) is 4.06. The molecular weight excluding hydrogens is 474 g/mol. The molecule has 0 amide bonds. The molecule has 1 aliphatic carbocycles. The standard InChI is InChI=1S/C25H26BrNO5/c1-14(25(28)29)19-7-4-16-12-18(6-8-20(16)19)31-11-10-22-15(2)32-24(27-22)17-5-9-23(30-3)21(26)13-17/h5-6,8-9,12-14,19H,4,7,10-11H2,1-3H3,(H,28,29)/t14-,19-/m0/s1. The van der Waals surface area contributed by atoms with E-state index >= 15 is 0 Å². The summed E-state index contributed by atoms with van der Waals surface area (Å²) in [6.45, 7) is 4.17. The van der Waals surface area contributed by atoms with Crippen LogP contribution in [0.15, 0.2) is 45.3 Å². The average Bonchev–Trinajstić information content (AvgIpc) is 3.36. The normalized spacial score (nSPS) is 15.9. The number of oxazole rings is 1. The topological polar surface area (TPSA) is 81.8 Å². The number of rotatable bonds is 8. The second kappa shape index (κ2) is 9.36. The van der Waals surface area contributed by atoms with E-state index in [0.717, 1.165) is 51.4 Å². The summed E-state index contributed by atoms with van der Waals surface area (Å²) in [6.07, 6.45) is 2.38. The van der Waals surface area contributed by atoms with Crippen LogP contribution in [-0.2, 0) is 17.6 Å². The maximum absolute atomic E-state index is 11.4. The zero-order valence-electron chi connectivity index (χ0n) is 18.4. The molecule has 32 heavy (non-hydrogen) atoms. The van der Waals surface area contributed by atoms with Crippen molar-refractivity contribution in [2.75, 3.05) is 13.7 Å². The summed E-state index contributed by atoms with van der Waals surface area (Å²) < 4.78 is 18.0. The van der Waals surface area contributed by atoms with E-state index in [0.29, 0.717) is 18.9 Å². The number of hydrogen-bond acceptors (Lipinski definition) is 5. The lowest BCUT2D eigenvalue weighted by molar-refractivity contribution is -0.141. The van der Waals surface area contributed by atoms with Gasteiger partial charge < -0.3 is 19.0 Å². The molecular formula is C25H26BrNO5. The average molecular weight is 500 g/mol. The van der Waals surface area contributed by atoms with Gasteiger partial charge in [-0.3, -0.25) is 4.79 Å². The largest absolute Gasteiger partial charge is 0.496 e. The van der Waals surface area contributed by atoms with E-state index in [9.17, 15) is 9.90 Å². The van der Waals surface area contributed by atoms with Crippen LogP contribution >= 0.6 is 15.9 Å². The first-order valence-electron chi connectivity index (χ1n) is 10.7. The van der Waals surface area contributed by atoms with Crippen molar-refractivity contribution in [3.8, 4) is 23.0 Å². The Labute approximate surface area is 195 Å². The first kappa shape index (κ1) is 22.4. The summed E-state index contributed by atoms with van der Waals surface area (Å²) in [6, 6.07) is 11.7. The maximum atomic E-state index is 11.4. The second-order valence-corrected chi connectivity index (χ2v) is 8.96. The molecule has 7 heteroatoms. The lowest BCUT2D eigenvalue weighted by atomic mass is 9.89. The van der Waals surface area contributed by atoms with Gasteiger partial charge in [0, 0.05) is 12.0 Å². The molecule has 1 heterocycles. The van der Waals surface area contributed by atoms with E-state index in [1.54, 1.807) is 14.0 Å². The van der Waals surface area contributed by atoms with Crippen LogP contribution in [0, 0.1) is 12.8 Å². The van der Waals surface area contributed by atoms with Crippen LogP contribution in [0.1, 0.15) is 41.8 Å². The number of hydrogen-bond donors (Lipinski definition) is 1. The second-order valence-electron chi connectivity index (χ2n) is 8.10. The quantitative estimate of drug-likeness (QED) is 0.422. The molecule has 168 valence electrons. The van der Waals surface area contributed by atoms with Crippen molar-refractivity contribution in [3.63, 3.8) is 0 Å². The third-order valence-electron chi connectivity index (χ3n) is 6.13. The van der Waals surface area contributed by atoms with E-state index in [-0.39, 0.29) is 11.8 Å². The Morgan fingerprint density at radius 3 is 2.84 bits per heavy atom. The number of methoxy groups -OCH3 is 1. The maximum Gasteiger partial charge on any atom is 0.306 e. The van der Waals surface area contributed by atoms with Gasteiger partial charge >= 0.3 is 5.97 Å². The number of carboxylic acid groups (broad SMARTS) is 1. The van der Waals surface area contributed by atoms with Gasteiger partial charge in [-0.25, -0.2) is 4.98 Å². The summed E-state index contributed by atoms with van der Waals surface area (Å²) in [4.78, 5) is 16.0. The Morgan fingerprint density at radius 1 is 1.31 bits per heavy atom. The van der Waals surface area contributed by atoms with Crippen molar-refractivity contribution in [2.45, 2.75) is 39.0 Å². The summed E-state index contributed by atoms with van der Waals surface area (Å²) in [5.74, 6) is 1.85. The number of carboxylic acids is 1. The lowest BCUT2D eigenvalue weighted by Crippen LogP contribution is -2.17. The number of fused-ring (bicyclic) bond motifs is 1. The third kappa shape index (κ3) is 4.53. The van der Waals surface area contributed by atoms with E-state index in [1.165, 1.54) is 5.56 Å². The van der Waals surface area contributed by atoms with Gasteiger partial charge in [0.1, 0.15) is 17.3 Å². The molecule has 1 aromatic heterocycles. The van der Waals surface area contributed by atoms with Crippen molar-refractivity contribution in [2.24, 2.45) is 5.92 Å². The number of benzene rings is 2. The van der Waals surface area contributed by atoms with Crippen LogP contribution in [0.3, 0.4) is 0 Å². The van der Waals surface area contributed by atoms with Gasteiger partial charge in [0.25, 0.3) is 0 Å². The van der Waals surface area contributed by atoms with Gasteiger partial charge in [0.2, 0.25) is 5.89 Å². The predicted molar refractivity (Wildman–Crippen MR) is 124 cm³/mol. The SMILES string of the molecule is COc1ccc(-c2nc(CCOc3ccc4c(c3)CC[C@H]4[C@H](C)C(=O)O)c(C)o2)cc1Br. The minimum atomic E-state index is -0.743. The molecule has 0 bridgehead atoms. The molecule has 0 fully saturated rings. The first-order valence-corrected chi connectivity index (χ1v) is 11.4. The van der Waals surface area contributed by atoms with E-state index in [1.807, 2.05) is 43.3 Å². The molecule has 2 aromatic carbocycles. The van der Waals surface area contributed by atoms with Crippen LogP contribution in [-0.4, -0.2) is 29.8 Å². The highest BCUT2D eigenvalue weighted by atomic mass is 79.9. The zero-order chi connectivity index (χ0) is 22.8. The smallest absolute Gasteiger partial charge is 0.306 e. The highest BCUT2D eigenvalue weighted by molar-refractivity contribution is 9.10. The number of aryl methyl sites for hydroxylation is 2. The Bertz CT molecular complexity index is 1140. The molecule has 6 nitrogen and oxygen atoms in total. The number of carbonyl (C=O) groups is 1. The molecule has 2 atom stereocenters. The molecule has 0 spiro atoms. The van der Waals surface area contributed by atoms with Crippen molar-refractivity contribution in [1.82, 2.24) is 4.98 Å². The molecule has 1 aliphatic rings. The highest BCUT2D eigenvalue weighted by Crippen LogP contribution is 2.40. The van der Waals surface area contributed by atoms with Crippen LogP contribution in [0.25, 0.3) is 11.5 Å². The zero-order valence-corrected chi connectivity index (χ0v) is 19.9. The fraction of sp³-hybridized carbons (Fsp3) is 0.360. The third-order valence-corrected chi connectivity index (χ3v) is 6.75. The molecule has 4 rings (SSSR count). The molecule has 1 N–H and O–H groups in total. The fourth-order valence-electron chi connectivity index (χ4n) is 4.26. The monoisotopic (exact) mass is 499 g/mol. The Balaban J connectivity index is 1.39. The number of aliphatic carboxylic acids is 1. The molecule has 0 radical (unpaired) electrons. The van der Waals surface area contributed by atoms with Gasteiger partial charge in [0.05, 0.1) is 29.8 Å². The van der Waals surface area contributed by atoms with E-state index in [2.05, 4.69) is 20.9 Å². The molecule has 0 unspecified atom stereocenters. The molecule has 0 saturated heterocycles. The molecule has 0 saturated carbocycles. The van der Waals surface area contributed by atoms with Crippen LogP contribution < -0.4 is 9.47 Å². The highest BCUT2D eigenvalue weighted by Gasteiger charge is 2.31. The Hall–Kier alpha value is -2.80. The summed E-state index contributed by atoms with van der Waals surface area (Å²) in [5, 5.41) is 9.33. The molecule has 0 aliphatic heterocycles. The molecule has 3 aromatic rings. The predicted octanol–water partition coefficient (Wildman–Crippen LogP) is 5.79. The number of nitrogens with zero attached hydrogens (tertiary/aromatic N) is 1. The van der Waals surface area contributed by atoms with Crippen molar-refractivity contribution in [3.05, 3.63) is 63.5 Å². The minimum Gasteiger partial charge on any atom is -0.496 e. The summed E-state index contributed by atoms with van der Waals surface area (Å²) >= 11 is 3.49. The minimum absolute atomic E-state index is 0.0748. The Kier molecular flexibility index (Phi) is 6.55. The van der Waals surface area contributed by atoms with Crippen molar-refractivity contribution >= 4 is 21.9 Å². The first-order chi connectivity index (χ1) is 15.4. The van der Waals surface area contributed by atoms with Gasteiger partial charge in [-0.1, -0.05) is 13.0 Å². The van der Waals surface area contributed by atoms with Crippen molar-refractivity contribution in [1.29, 1.82) is 0 Å². The van der Waals surface area contributed by atoms with E-state index in [4.69, 9.17) is 13.9 Å². The van der Waals surface area contributed by atoms with Crippen molar-refractivity contribution < 1.29 is 23.8 Å². The van der Waals surface area contributed by atoms with Gasteiger partial charge in [-0.2, -0.15) is 0 Å². The van der Waals surface area contributed by atoms with Crippen LogP contribution in [0.5, 0.6) is 11.5 Å². The van der Waals surface area contributed by atoms with Crippen LogP contribution in [0.4, 0.5) is 0 Å². The number of halogens is 1. The van der Waals surface area contributed by atoms with Gasteiger partial charge in [-0.05, 0) is 83.1 Å². The van der Waals surface area contributed by atoms with Gasteiger partial charge in [0.15, 0.2) is 0 Å². The lowest BCUT2D eigenvalue weighted by Gasteiger charge is -2.16. The number of ether oxygens (including phenoxy) is 2. The fourth-order valence-corrected chi connectivity index (χ4v) is 4.80. The number of aromatic nitrogens is 1.